The van der Waals surface area contributed by atoms with E-state index >= 15 is 0 Å². The van der Waals surface area contributed by atoms with E-state index in [9.17, 15) is 9.59 Å². The molecule has 2 amide bonds. The number of hydrogen-bond acceptors (Lipinski definition) is 3. The van der Waals surface area contributed by atoms with Crippen molar-refractivity contribution >= 4 is 17.5 Å². The van der Waals surface area contributed by atoms with Crippen LogP contribution in [0.3, 0.4) is 0 Å². The van der Waals surface area contributed by atoms with Crippen LogP contribution in [0.2, 0.25) is 0 Å². The van der Waals surface area contributed by atoms with Gasteiger partial charge >= 0.3 is 0 Å². The van der Waals surface area contributed by atoms with E-state index in [1.165, 1.54) is 6.42 Å². The minimum absolute atomic E-state index is 0.0717. The maximum atomic E-state index is 13.0. The summed E-state index contributed by atoms with van der Waals surface area (Å²) in [5, 5.41) is 2.85. The van der Waals surface area contributed by atoms with Gasteiger partial charge in [-0.25, -0.2) is 0 Å². The van der Waals surface area contributed by atoms with E-state index in [1.807, 2.05) is 45.0 Å². The van der Waals surface area contributed by atoms with Gasteiger partial charge in [0, 0.05) is 31.4 Å². The summed E-state index contributed by atoms with van der Waals surface area (Å²) < 4.78 is 0. The molecule has 1 fully saturated rings. The normalized spacial score (nSPS) is 14.6. The lowest BCUT2D eigenvalue weighted by molar-refractivity contribution is -0.122. The van der Waals surface area contributed by atoms with Gasteiger partial charge in [0.15, 0.2) is 0 Å². The Morgan fingerprint density at radius 3 is 2.46 bits per heavy atom. The number of rotatable bonds is 6. The zero-order chi connectivity index (χ0) is 17.5. The van der Waals surface area contributed by atoms with Crippen LogP contribution in [0.25, 0.3) is 0 Å². The molecule has 0 atom stereocenters. The summed E-state index contributed by atoms with van der Waals surface area (Å²) in [4.78, 5) is 28.9. The van der Waals surface area contributed by atoms with Crippen LogP contribution in [0.15, 0.2) is 24.3 Å². The summed E-state index contributed by atoms with van der Waals surface area (Å²) >= 11 is 0. The molecule has 0 aliphatic carbocycles. The lowest BCUT2D eigenvalue weighted by atomic mass is 10.1. The SMILES string of the molecule is CCN(CC(=O)NC(C)C)C(=O)c1ccccc1N1CCCCC1. The summed E-state index contributed by atoms with van der Waals surface area (Å²) in [5.74, 6) is -0.187. The van der Waals surface area contributed by atoms with Gasteiger partial charge < -0.3 is 15.1 Å². The first kappa shape index (κ1) is 18.3. The molecule has 24 heavy (non-hydrogen) atoms. The average Bonchev–Trinajstić information content (AvgIpc) is 2.59. The van der Waals surface area contributed by atoms with Crippen LogP contribution in [0, 0.1) is 0 Å². The number of para-hydroxylation sites is 1. The van der Waals surface area contributed by atoms with Gasteiger partial charge in [0.2, 0.25) is 5.91 Å². The summed E-state index contributed by atoms with van der Waals surface area (Å²) in [6, 6.07) is 7.83. The zero-order valence-corrected chi connectivity index (χ0v) is 15.0. The van der Waals surface area contributed by atoms with Gasteiger partial charge in [-0.3, -0.25) is 9.59 Å². The van der Waals surface area contributed by atoms with Crippen LogP contribution in [0.4, 0.5) is 5.69 Å². The Hall–Kier alpha value is -2.04. The van der Waals surface area contributed by atoms with E-state index in [2.05, 4.69) is 10.2 Å². The molecule has 132 valence electrons. The first-order valence-electron chi connectivity index (χ1n) is 8.95. The molecule has 0 radical (unpaired) electrons. The molecular weight excluding hydrogens is 302 g/mol. The number of hydrogen-bond donors (Lipinski definition) is 1. The molecule has 0 unspecified atom stereocenters. The van der Waals surface area contributed by atoms with Gasteiger partial charge in [-0.1, -0.05) is 12.1 Å². The molecular formula is C19H29N3O2. The zero-order valence-electron chi connectivity index (χ0n) is 15.0. The minimum atomic E-state index is -0.115. The third-order valence-corrected chi connectivity index (χ3v) is 4.28. The van der Waals surface area contributed by atoms with Crippen LogP contribution in [0.5, 0.6) is 0 Å². The molecule has 1 N–H and O–H groups in total. The Bertz CT molecular complexity index is 565. The number of amides is 2. The Morgan fingerprint density at radius 2 is 1.83 bits per heavy atom. The van der Waals surface area contributed by atoms with E-state index in [4.69, 9.17) is 0 Å². The second-order valence-electron chi connectivity index (χ2n) is 6.61. The monoisotopic (exact) mass is 331 g/mol. The van der Waals surface area contributed by atoms with Crippen molar-refractivity contribution in [1.82, 2.24) is 10.2 Å². The molecule has 5 nitrogen and oxygen atoms in total. The van der Waals surface area contributed by atoms with Crippen molar-refractivity contribution in [2.24, 2.45) is 0 Å². The largest absolute Gasteiger partial charge is 0.371 e. The second kappa shape index (κ2) is 8.71. The van der Waals surface area contributed by atoms with Crippen LogP contribution in [-0.2, 0) is 4.79 Å². The molecule has 1 aliphatic heterocycles. The van der Waals surface area contributed by atoms with Gasteiger partial charge in [-0.2, -0.15) is 0 Å². The molecule has 0 aromatic heterocycles. The summed E-state index contributed by atoms with van der Waals surface area (Å²) in [6.07, 6.45) is 3.58. The number of carbonyl (C=O) groups excluding carboxylic acids is 2. The molecule has 5 heteroatoms. The summed E-state index contributed by atoms with van der Waals surface area (Å²) in [6.45, 7) is 8.34. The predicted molar refractivity (Wildman–Crippen MR) is 97.4 cm³/mol. The smallest absolute Gasteiger partial charge is 0.256 e. The number of nitrogens with zero attached hydrogens (tertiary/aromatic N) is 2. The van der Waals surface area contributed by atoms with Crippen LogP contribution >= 0.6 is 0 Å². The number of anilines is 1. The fourth-order valence-corrected chi connectivity index (χ4v) is 3.10. The lowest BCUT2D eigenvalue weighted by Gasteiger charge is -2.31. The highest BCUT2D eigenvalue weighted by Gasteiger charge is 2.23. The molecule has 0 bridgehead atoms. The maximum Gasteiger partial charge on any atom is 0.256 e. The van der Waals surface area contributed by atoms with Crippen molar-refractivity contribution in [3.8, 4) is 0 Å². The molecule has 1 heterocycles. The molecule has 1 aromatic carbocycles. The fourth-order valence-electron chi connectivity index (χ4n) is 3.10. The third kappa shape index (κ3) is 4.73. The molecule has 0 spiro atoms. The molecule has 1 saturated heterocycles. The summed E-state index contributed by atoms with van der Waals surface area (Å²) in [5.41, 5.74) is 1.68. The molecule has 1 aromatic rings. The first-order valence-corrected chi connectivity index (χ1v) is 8.95. The fraction of sp³-hybridized carbons (Fsp3) is 0.579. The van der Waals surface area contributed by atoms with Gasteiger partial charge in [0.25, 0.3) is 5.91 Å². The number of benzene rings is 1. The number of nitrogens with one attached hydrogen (secondary N) is 1. The number of carbonyl (C=O) groups is 2. The van der Waals surface area contributed by atoms with E-state index < -0.39 is 0 Å². The van der Waals surface area contributed by atoms with Crippen LogP contribution < -0.4 is 10.2 Å². The topological polar surface area (TPSA) is 52.7 Å². The predicted octanol–water partition coefficient (Wildman–Crippen LogP) is 2.66. The van der Waals surface area contributed by atoms with Crippen molar-refractivity contribution < 1.29 is 9.59 Å². The van der Waals surface area contributed by atoms with Crippen molar-refractivity contribution in [3.05, 3.63) is 29.8 Å². The van der Waals surface area contributed by atoms with E-state index in [1.54, 1.807) is 4.90 Å². The Kier molecular flexibility index (Phi) is 6.64. The van der Waals surface area contributed by atoms with E-state index in [0.717, 1.165) is 31.6 Å². The Balaban J connectivity index is 2.16. The van der Waals surface area contributed by atoms with Gasteiger partial charge in [-0.05, 0) is 52.2 Å². The maximum absolute atomic E-state index is 13.0. The Labute approximate surface area is 145 Å². The van der Waals surface area contributed by atoms with Crippen molar-refractivity contribution in [1.29, 1.82) is 0 Å². The number of piperidine rings is 1. The van der Waals surface area contributed by atoms with Crippen molar-refractivity contribution in [3.63, 3.8) is 0 Å². The highest BCUT2D eigenvalue weighted by atomic mass is 16.2. The van der Waals surface area contributed by atoms with Crippen molar-refractivity contribution in [2.45, 2.75) is 46.1 Å². The van der Waals surface area contributed by atoms with Crippen molar-refractivity contribution in [2.75, 3.05) is 31.1 Å². The first-order chi connectivity index (χ1) is 11.5. The van der Waals surface area contributed by atoms with Gasteiger partial charge in [0.05, 0.1) is 12.1 Å². The second-order valence-corrected chi connectivity index (χ2v) is 6.61. The molecule has 0 saturated carbocycles. The highest BCUT2D eigenvalue weighted by Crippen LogP contribution is 2.25. The lowest BCUT2D eigenvalue weighted by Crippen LogP contribution is -2.43. The van der Waals surface area contributed by atoms with E-state index in [-0.39, 0.29) is 24.4 Å². The van der Waals surface area contributed by atoms with E-state index in [0.29, 0.717) is 12.1 Å². The standard InChI is InChI=1S/C19H29N3O2/c1-4-21(14-18(23)20-15(2)3)19(24)16-10-6-7-11-17(16)22-12-8-5-9-13-22/h6-7,10-11,15H,4-5,8-9,12-14H2,1-3H3,(H,20,23). The summed E-state index contributed by atoms with van der Waals surface area (Å²) in [7, 11) is 0. The van der Waals surface area contributed by atoms with Gasteiger partial charge in [-0.15, -0.1) is 0 Å². The molecule has 2 rings (SSSR count). The van der Waals surface area contributed by atoms with Crippen LogP contribution in [0.1, 0.15) is 50.4 Å². The molecule has 1 aliphatic rings. The third-order valence-electron chi connectivity index (χ3n) is 4.28. The quantitative estimate of drug-likeness (QED) is 0.872. The van der Waals surface area contributed by atoms with Gasteiger partial charge in [0.1, 0.15) is 0 Å². The average molecular weight is 331 g/mol. The van der Waals surface area contributed by atoms with Crippen LogP contribution in [-0.4, -0.2) is 48.9 Å². The Morgan fingerprint density at radius 1 is 1.17 bits per heavy atom. The highest BCUT2D eigenvalue weighted by molar-refractivity contribution is 6.01. The number of likely N-dealkylation sites (N-methyl/N-ethyl adjacent to an activating group) is 1. The minimum Gasteiger partial charge on any atom is -0.371 e.